The van der Waals surface area contributed by atoms with Gasteiger partial charge in [0, 0.05) is 31.1 Å². The number of hydrogen-bond donors (Lipinski definition) is 2. The van der Waals surface area contributed by atoms with Crippen molar-refractivity contribution in [2.45, 2.75) is 109 Å². The summed E-state index contributed by atoms with van der Waals surface area (Å²) in [6, 6.07) is 8.51. The second-order valence-corrected chi connectivity index (χ2v) is 13.6. The molecule has 1 saturated heterocycles. The number of ether oxygens (including phenoxy) is 5. The number of allylic oxidation sites excluding steroid dienone is 1. The highest BCUT2D eigenvalue weighted by Gasteiger charge is 2.76. The van der Waals surface area contributed by atoms with Crippen molar-refractivity contribution in [2.24, 2.45) is 16.7 Å². The minimum Gasteiger partial charge on any atom is -0.458 e. The van der Waals surface area contributed by atoms with Gasteiger partial charge in [-0.3, -0.25) is 9.59 Å². The number of aliphatic hydroxyl groups excluding tert-OH is 1. The number of fused-ring (bicyclic) bond motifs is 5. The van der Waals surface area contributed by atoms with Crippen LogP contribution >= 0.6 is 0 Å². The third-order valence-corrected chi connectivity index (χ3v) is 10.7. The second kappa shape index (κ2) is 11.4. The summed E-state index contributed by atoms with van der Waals surface area (Å²) >= 11 is 0. The molecule has 5 rings (SSSR count). The van der Waals surface area contributed by atoms with Crippen molar-refractivity contribution in [3.05, 3.63) is 59.7 Å². The summed E-state index contributed by atoms with van der Waals surface area (Å²) in [4.78, 5) is 39.2. The lowest BCUT2D eigenvalue weighted by Crippen LogP contribution is -2.80. The molecule has 1 heterocycles. The van der Waals surface area contributed by atoms with E-state index >= 15 is 0 Å². The predicted molar refractivity (Wildman–Crippen MR) is 158 cm³/mol. The molecule has 44 heavy (non-hydrogen) atoms. The number of esters is 3. The van der Waals surface area contributed by atoms with Crippen LogP contribution in [0.5, 0.6) is 0 Å². The Labute approximate surface area is 258 Å². The molecule has 9 atom stereocenters. The second-order valence-electron chi connectivity index (χ2n) is 13.6. The van der Waals surface area contributed by atoms with Gasteiger partial charge in [0.2, 0.25) is 0 Å². The third-order valence-electron chi connectivity index (χ3n) is 10.7. The first-order valence-electron chi connectivity index (χ1n) is 15.2. The molecular formula is C34H44O10. The fraction of sp³-hybridized carbons (Fsp3) is 0.618. The average Bonchev–Trinajstić information content (AvgIpc) is 2.94. The van der Waals surface area contributed by atoms with Gasteiger partial charge in [-0.15, -0.1) is 0 Å². The molecule has 10 nitrogen and oxygen atoms in total. The fourth-order valence-electron chi connectivity index (χ4n) is 8.64. The van der Waals surface area contributed by atoms with Crippen molar-refractivity contribution in [1.29, 1.82) is 0 Å². The van der Waals surface area contributed by atoms with Crippen molar-refractivity contribution >= 4 is 17.9 Å². The van der Waals surface area contributed by atoms with Gasteiger partial charge < -0.3 is 33.9 Å². The maximum atomic E-state index is 13.9. The number of hydrogen-bond acceptors (Lipinski definition) is 10. The standard InChI is InChI=1S/C34H44O10/c1-8-26(37)42-24-16-25-33(18-40-25,44-21(4)36)28-29(43-30(38)22-12-10-9-11-13-22)34(39)15-14-19(2)27(31(34,5)6)23(41-20(3)35)17-32(24,28)7/h8-13,23-26,28-29,37,39H,1,14-18H2,2-7H3/t23?,24-,25+,26?,28?,29-,32+,33-,34+/m0/s1. The SMILES string of the molecule is C=CC(O)O[C@H]1C[C@H]2OC[C@@]2(OC(C)=O)C2[C@H](OC(=O)c3ccccc3)[C@]3(O)CCC(C)=C(C(OC(C)=O)C[C@@]21C)C3(C)C. The van der Waals surface area contributed by atoms with E-state index in [0.29, 0.717) is 12.0 Å². The van der Waals surface area contributed by atoms with E-state index in [2.05, 4.69) is 6.58 Å². The van der Waals surface area contributed by atoms with Crippen LogP contribution in [0.25, 0.3) is 0 Å². The van der Waals surface area contributed by atoms with Crippen molar-refractivity contribution in [3.63, 3.8) is 0 Å². The molecule has 0 radical (unpaired) electrons. The molecule has 0 amide bonds. The molecule has 4 aliphatic rings. The molecule has 1 aliphatic heterocycles. The van der Waals surface area contributed by atoms with Crippen LogP contribution in [0.15, 0.2) is 54.1 Å². The molecule has 1 aromatic rings. The summed E-state index contributed by atoms with van der Waals surface area (Å²) in [5.74, 6) is -2.59. The molecule has 0 spiro atoms. The number of aliphatic hydroxyl groups is 2. The summed E-state index contributed by atoms with van der Waals surface area (Å²) in [6.07, 6.45) is -2.46. The van der Waals surface area contributed by atoms with E-state index in [1.165, 1.54) is 19.9 Å². The quantitative estimate of drug-likeness (QED) is 0.201. The Morgan fingerprint density at radius 1 is 1.09 bits per heavy atom. The zero-order chi connectivity index (χ0) is 32.2. The molecule has 240 valence electrons. The summed E-state index contributed by atoms with van der Waals surface area (Å²) < 4.78 is 30.9. The van der Waals surface area contributed by atoms with E-state index in [1.807, 2.05) is 27.7 Å². The van der Waals surface area contributed by atoms with E-state index in [4.69, 9.17) is 23.7 Å². The normalized spacial score (nSPS) is 38.0. The predicted octanol–water partition coefficient (Wildman–Crippen LogP) is 4.03. The van der Waals surface area contributed by atoms with Crippen LogP contribution in [0.1, 0.15) is 77.6 Å². The first kappa shape index (κ1) is 32.3. The summed E-state index contributed by atoms with van der Waals surface area (Å²) in [7, 11) is 0. The van der Waals surface area contributed by atoms with Gasteiger partial charge in [-0.05, 0) is 50.0 Å². The third kappa shape index (κ3) is 5.00. The van der Waals surface area contributed by atoms with Gasteiger partial charge in [0.05, 0.1) is 24.2 Å². The highest BCUT2D eigenvalue weighted by atomic mass is 16.6. The largest absolute Gasteiger partial charge is 0.458 e. The Kier molecular flexibility index (Phi) is 8.37. The van der Waals surface area contributed by atoms with Crippen LogP contribution in [0, 0.1) is 16.7 Å². The minimum absolute atomic E-state index is 0.00406. The molecule has 2 bridgehead atoms. The number of rotatable bonds is 7. The van der Waals surface area contributed by atoms with Crippen LogP contribution in [-0.2, 0) is 33.3 Å². The Hall–Kier alpha value is -3.05. The van der Waals surface area contributed by atoms with Crippen LogP contribution < -0.4 is 0 Å². The van der Waals surface area contributed by atoms with E-state index in [1.54, 1.807) is 30.3 Å². The number of carbonyl (C=O) groups is 3. The van der Waals surface area contributed by atoms with Crippen molar-refractivity contribution in [3.8, 4) is 0 Å². The summed E-state index contributed by atoms with van der Waals surface area (Å²) in [5.41, 5.74) is -3.14. The Balaban J connectivity index is 1.80. The van der Waals surface area contributed by atoms with Gasteiger partial charge in [-0.2, -0.15) is 0 Å². The topological polar surface area (TPSA) is 138 Å². The Bertz CT molecular complexity index is 1350. The maximum Gasteiger partial charge on any atom is 0.338 e. The zero-order valence-electron chi connectivity index (χ0n) is 26.3. The molecular weight excluding hydrogens is 568 g/mol. The van der Waals surface area contributed by atoms with Crippen molar-refractivity contribution in [1.82, 2.24) is 0 Å². The molecule has 1 aromatic carbocycles. The van der Waals surface area contributed by atoms with Crippen LogP contribution in [0.4, 0.5) is 0 Å². The number of benzene rings is 1. The molecule has 3 aliphatic carbocycles. The van der Waals surface area contributed by atoms with Crippen molar-refractivity contribution in [2.75, 3.05) is 6.61 Å². The number of carbonyl (C=O) groups excluding carboxylic acids is 3. The molecule has 3 fully saturated rings. The monoisotopic (exact) mass is 612 g/mol. The lowest BCUT2D eigenvalue weighted by Gasteiger charge is -2.68. The summed E-state index contributed by atoms with van der Waals surface area (Å²) in [6.45, 7) is 13.9. The Morgan fingerprint density at radius 2 is 1.77 bits per heavy atom. The van der Waals surface area contributed by atoms with Gasteiger partial charge in [-0.1, -0.05) is 51.1 Å². The van der Waals surface area contributed by atoms with E-state index in [9.17, 15) is 24.6 Å². The molecule has 3 unspecified atom stereocenters. The maximum absolute atomic E-state index is 13.9. The lowest BCUT2D eigenvalue weighted by molar-refractivity contribution is -0.361. The highest BCUT2D eigenvalue weighted by molar-refractivity contribution is 5.89. The first-order valence-corrected chi connectivity index (χ1v) is 15.2. The van der Waals surface area contributed by atoms with Gasteiger partial charge in [0.1, 0.15) is 23.9 Å². The van der Waals surface area contributed by atoms with E-state index in [0.717, 1.165) is 11.1 Å². The first-order chi connectivity index (χ1) is 20.6. The summed E-state index contributed by atoms with van der Waals surface area (Å²) in [5, 5.41) is 23.7. The van der Waals surface area contributed by atoms with Crippen LogP contribution in [0.3, 0.4) is 0 Å². The van der Waals surface area contributed by atoms with Gasteiger partial charge in [0.25, 0.3) is 0 Å². The van der Waals surface area contributed by atoms with Crippen LogP contribution in [-0.4, -0.2) is 76.6 Å². The molecule has 2 saturated carbocycles. The van der Waals surface area contributed by atoms with E-state index in [-0.39, 0.29) is 25.9 Å². The van der Waals surface area contributed by atoms with Gasteiger partial charge in [0.15, 0.2) is 11.9 Å². The smallest absolute Gasteiger partial charge is 0.338 e. The minimum atomic E-state index is -1.71. The molecule has 10 heteroatoms. The lowest BCUT2D eigenvalue weighted by atomic mass is 9.45. The molecule has 0 aromatic heterocycles. The zero-order valence-corrected chi connectivity index (χ0v) is 26.3. The van der Waals surface area contributed by atoms with E-state index < -0.39 is 76.6 Å². The highest BCUT2D eigenvalue weighted by Crippen LogP contribution is 2.65. The van der Waals surface area contributed by atoms with Crippen LogP contribution in [0.2, 0.25) is 0 Å². The average molecular weight is 613 g/mol. The molecule has 2 N–H and O–H groups in total. The van der Waals surface area contributed by atoms with Gasteiger partial charge >= 0.3 is 17.9 Å². The fourth-order valence-corrected chi connectivity index (χ4v) is 8.64. The van der Waals surface area contributed by atoms with Gasteiger partial charge in [-0.25, -0.2) is 4.79 Å². The Morgan fingerprint density at radius 3 is 2.34 bits per heavy atom. The van der Waals surface area contributed by atoms with Crippen molar-refractivity contribution < 1.29 is 48.3 Å².